The van der Waals surface area contributed by atoms with Crippen LogP contribution in [0.1, 0.15) is 20.7 Å². The molecule has 164 valence electrons. The number of nitrogens with one attached hydrogen (secondary N) is 3. The van der Waals surface area contributed by atoms with Crippen LogP contribution in [0.15, 0.2) is 60.7 Å². The molecule has 0 saturated carbocycles. The summed E-state index contributed by atoms with van der Waals surface area (Å²) in [6.45, 7) is 0. The third-order valence-corrected chi connectivity index (χ3v) is 5.76. The van der Waals surface area contributed by atoms with E-state index in [9.17, 15) is 9.59 Å². The zero-order valence-corrected chi connectivity index (χ0v) is 21.0. The highest BCUT2D eigenvalue weighted by Crippen LogP contribution is 2.29. The first-order valence-corrected chi connectivity index (χ1v) is 11.3. The van der Waals surface area contributed by atoms with Gasteiger partial charge in [0, 0.05) is 15.3 Å². The summed E-state index contributed by atoms with van der Waals surface area (Å²) in [6, 6.07) is 16.8. The highest BCUT2D eigenvalue weighted by atomic mass is 127. The molecule has 6 nitrogen and oxygen atoms in total. The standard InChI is InChI=1S/C22H16Cl2IN3O3S/c1-31-19-11-13(7-9-18(19)27-20(29)14-4-2-3-5-16(14)23)26-22(32)28-21(30)15-10-12(25)6-8-17(15)24/h2-11H,1H3,(H,27,29)(H2,26,28,30,32). The van der Waals surface area contributed by atoms with E-state index in [1.807, 2.05) is 0 Å². The van der Waals surface area contributed by atoms with Crippen molar-refractivity contribution in [2.45, 2.75) is 0 Å². The quantitative estimate of drug-likeness (QED) is 0.248. The minimum Gasteiger partial charge on any atom is -0.494 e. The van der Waals surface area contributed by atoms with Gasteiger partial charge < -0.3 is 15.4 Å². The number of hydrogen-bond donors (Lipinski definition) is 3. The van der Waals surface area contributed by atoms with Crippen molar-refractivity contribution in [3.8, 4) is 5.75 Å². The number of anilines is 2. The predicted molar refractivity (Wildman–Crippen MR) is 140 cm³/mol. The lowest BCUT2D eigenvalue weighted by atomic mass is 10.2. The highest BCUT2D eigenvalue weighted by molar-refractivity contribution is 14.1. The number of thiocarbonyl (C=S) groups is 1. The molecule has 10 heteroatoms. The lowest BCUT2D eigenvalue weighted by Crippen LogP contribution is -2.34. The van der Waals surface area contributed by atoms with Gasteiger partial charge in [-0.15, -0.1) is 0 Å². The summed E-state index contributed by atoms with van der Waals surface area (Å²) in [6.07, 6.45) is 0. The Labute approximate surface area is 213 Å². The molecule has 0 aliphatic rings. The Morgan fingerprint density at radius 1 is 0.906 bits per heavy atom. The summed E-state index contributed by atoms with van der Waals surface area (Å²) in [4.78, 5) is 25.0. The van der Waals surface area contributed by atoms with Gasteiger partial charge in [0.05, 0.1) is 34.0 Å². The zero-order chi connectivity index (χ0) is 23.3. The van der Waals surface area contributed by atoms with Crippen LogP contribution >= 0.6 is 58.0 Å². The summed E-state index contributed by atoms with van der Waals surface area (Å²) in [5, 5.41) is 9.03. The average molecular weight is 600 g/mol. The average Bonchev–Trinajstić information content (AvgIpc) is 2.76. The molecule has 0 aliphatic carbocycles. The summed E-state index contributed by atoms with van der Waals surface area (Å²) in [5.74, 6) is -0.404. The second kappa shape index (κ2) is 11.0. The molecule has 0 bridgehead atoms. The molecule has 0 saturated heterocycles. The first kappa shape index (κ1) is 24.2. The Morgan fingerprint density at radius 3 is 2.34 bits per heavy atom. The zero-order valence-electron chi connectivity index (χ0n) is 16.5. The van der Waals surface area contributed by atoms with Gasteiger partial charge in [-0.1, -0.05) is 35.3 Å². The van der Waals surface area contributed by atoms with E-state index in [1.54, 1.807) is 60.7 Å². The Hall–Kier alpha value is -2.40. The summed E-state index contributed by atoms with van der Waals surface area (Å²) < 4.78 is 6.25. The van der Waals surface area contributed by atoms with Crippen molar-refractivity contribution >= 4 is 86.3 Å². The van der Waals surface area contributed by atoms with Gasteiger partial charge in [0.15, 0.2) is 5.11 Å². The molecule has 0 spiro atoms. The maximum atomic E-state index is 12.5. The van der Waals surface area contributed by atoms with Gasteiger partial charge in [0.25, 0.3) is 11.8 Å². The second-order valence-corrected chi connectivity index (χ2v) is 8.85. The van der Waals surface area contributed by atoms with Gasteiger partial charge in [-0.2, -0.15) is 0 Å². The summed E-state index contributed by atoms with van der Waals surface area (Å²) >= 11 is 19.5. The van der Waals surface area contributed by atoms with Gasteiger partial charge in [-0.25, -0.2) is 0 Å². The Morgan fingerprint density at radius 2 is 1.62 bits per heavy atom. The lowest BCUT2D eigenvalue weighted by molar-refractivity contribution is 0.0976. The molecule has 0 fully saturated rings. The predicted octanol–water partition coefficient (Wildman–Crippen LogP) is 5.99. The third-order valence-electron chi connectivity index (χ3n) is 4.23. The van der Waals surface area contributed by atoms with Crippen molar-refractivity contribution in [2.75, 3.05) is 17.7 Å². The van der Waals surface area contributed by atoms with Crippen LogP contribution in [0.2, 0.25) is 10.0 Å². The van der Waals surface area contributed by atoms with Crippen molar-refractivity contribution in [2.24, 2.45) is 0 Å². The largest absolute Gasteiger partial charge is 0.494 e. The van der Waals surface area contributed by atoms with E-state index in [4.69, 9.17) is 40.2 Å². The fourth-order valence-corrected chi connectivity index (χ4v) is 3.84. The molecule has 3 rings (SSSR count). The number of methoxy groups -OCH3 is 1. The van der Waals surface area contributed by atoms with Crippen molar-refractivity contribution in [3.05, 3.63) is 85.4 Å². The van der Waals surface area contributed by atoms with Crippen LogP contribution in [-0.2, 0) is 0 Å². The van der Waals surface area contributed by atoms with E-state index in [1.165, 1.54) is 7.11 Å². The number of carbonyl (C=O) groups is 2. The Bertz CT molecular complexity index is 1210. The Kier molecular flexibility index (Phi) is 8.30. The number of amides is 2. The molecule has 2 amide bonds. The molecule has 0 atom stereocenters. The molecular formula is C22H16Cl2IN3O3S. The monoisotopic (exact) mass is 599 g/mol. The molecule has 3 aromatic carbocycles. The fraction of sp³-hybridized carbons (Fsp3) is 0.0455. The van der Waals surface area contributed by atoms with E-state index in [2.05, 4.69) is 38.5 Å². The van der Waals surface area contributed by atoms with Crippen molar-refractivity contribution in [1.29, 1.82) is 0 Å². The summed E-state index contributed by atoms with van der Waals surface area (Å²) in [7, 11) is 1.48. The fourth-order valence-electron chi connectivity index (χ4n) is 2.71. The first-order valence-electron chi connectivity index (χ1n) is 9.10. The van der Waals surface area contributed by atoms with Gasteiger partial charge in [-0.05, 0) is 77.3 Å². The number of halogens is 3. The van der Waals surface area contributed by atoms with E-state index in [0.29, 0.717) is 38.3 Å². The molecule has 0 heterocycles. The normalized spacial score (nSPS) is 10.2. The van der Waals surface area contributed by atoms with Crippen LogP contribution in [0, 0.1) is 3.57 Å². The molecule has 32 heavy (non-hydrogen) atoms. The molecule has 0 aliphatic heterocycles. The van der Waals surface area contributed by atoms with Crippen LogP contribution in [0.3, 0.4) is 0 Å². The molecule has 0 unspecified atom stereocenters. The van der Waals surface area contributed by atoms with Crippen molar-refractivity contribution in [3.63, 3.8) is 0 Å². The smallest absolute Gasteiger partial charge is 0.258 e. The second-order valence-electron chi connectivity index (χ2n) is 6.38. The van der Waals surface area contributed by atoms with Crippen molar-refractivity contribution in [1.82, 2.24) is 5.32 Å². The molecular weight excluding hydrogens is 584 g/mol. The molecule has 3 aromatic rings. The van der Waals surface area contributed by atoms with Crippen LogP contribution in [0.25, 0.3) is 0 Å². The highest BCUT2D eigenvalue weighted by Gasteiger charge is 2.15. The number of rotatable bonds is 5. The lowest BCUT2D eigenvalue weighted by Gasteiger charge is -2.14. The van der Waals surface area contributed by atoms with Crippen molar-refractivity contribution < 1.29 is 14.3 Å². The minimum absolute atomic E-state index is 0.0832. The first-order chi connectivity index (χ1) is 15.3. The molecule has 0 radical (unpaired) electrons. The van der Waals surface area contributed by atoms with Crippen LogP contribution < -0.4 is 20.7 Å². The summed E-state index contributed by atoms with van der Waals surface area (Å²) in [5.41, 5.74) is 1.66. The molecule has 0 aromatic heterocycles. The number of ether oxygens (including phenoxy) is 1. The number of carbonyl (C=O) groups excluding carboxylic acids is 2. The maximum absolute atomic E-state index is 12.5. The molecule has 3 N–H and O–H groups in total. The van der Waals surface area contributed by atoms with E-state index in [0.717, 1.165) is 3.57 Å². The van der Waals surface area contributed by atoms with Crippen LogP contribution in [0.5, 0.6) is 5.75 Å². The SMILES string of the molecule is COc1cc(NC(=S)NC(=O)c2cc(I)ccc2Cl)ccc1NC(=O)c1ccccc1Cl. The van der Waals surface area contributed by atoms with Gasteiger partial charge >= 0.3 is 0 Å². The van der Waals surface area contributed by atoms with E-state index in [-0.39, 0.29) is 11.0 Å². The van der Waals surface area contributed by atoms with Crippen LogP contribution in [-0.4, -0.2) is 24.0 Å². The minimum atomic E-state index is -0.429. The number of hydrogen-bond acceptors (Lipinski definition) is 4. The van der Waals surface area contributed by atoms with E-state index >= 15 is 0 Å². The van der Waals surface area contributed by atoms with Gasteiger partial charge in [0.2, 0.25) is 0 Å². The topological polar surface area (TPSA) is 79.5 Å². The van der Waals surface area contributed by atoms with Gasteiger partial charge in [0.1, 0.15) is 5.75 Å². The van der Waals surface area contributed by atoms with Gasteiger partial charge in [-0.3, -0.25) is 14.9 Å². The number of benzene rings is 3. The Balaban J connectivity index is 1.69. The van der Waals surface area contributed by atoms with Crippen LogP contribution in [0.4, 0.5) is 11.4 Å². The van der Waals surface area contributed by atoms with E-state index < -0.39 is 5.91 Å². The third kappa shape index (κ3) is 6.10. The maximum Gasteiger partial charge on any atom is 0.258 e.